The zero-order valence-electron chi connectivity index (χ0n) is 12.8. The molecule has 1 aliphatic heterocycles. The van der Waals surface area contributed by atoms with E-state index in [-0.39, 0.29) is 0 Å². The summed E-state index contributed by atoms with van der Waals surface area (Å²) in [5.74, 6) is 0.750. The normalized spacial score (nSPS) is 14.4. The van der Waals surface area contributed by atoms with Crippen molar-refractivity contribution in [1.82, 2.24) is 24.8 Å². The molecule has 0 unspecified atom stereocenters. The molecule has 1 aliphatic rings. The monoisotopic (exact) mass is 303 g/mol. The van der Waals surface area contributed by atoms with Gasteiger partial charge in [-0.15, -0.1) is 0 Å². The highest BCUT2D eigenvalue weighted by Gasteiger charge is 2.19. The smallest absolute Gasteiger partial charge is 0.160 e. The minimum Gasteiger partial charge on any atom is -0.293 e. The van der Waals surface area contributed by atoms with Crippen molar-refractivity contribution in [3.8, 4) is 11.4 Å². The first-order valence-electron chi connectivity index (χ1n) is 7.75. The fourth-order valence-corrected chi connectivity index (χ4v) is 2.88. The third-order valence-electron chi connectivity index (χ3n) is 4.07. The zero-order chi connectivity index (χ0) is 15.5. The summed E-state index contributed by atoms with van der Waals surface area (Å²) in [5.41, 5.74) is 4.56. The Hall–Kier alpha value is -2.66. The molecule has 3 aromatic rings. The lowest BCUT2D eigenvalue weighted by Crippen LogP contribution is -2.31. The van der Waals surface area contributed by atoms with Crippen LogP contribution in [0.5, 0.6) is 0 Å². The van der Waals surface area contributed by atoms with Crippen molar-refractivity contribution in [3.05, 3.63) is 72.1 Å². The molecule has 0 saturated heterocycles. The van der Waals surface area contributed by atoms with Gasteiger partial charge in [-0.2, -0.15) is 0 Å². The second kappa shape index (κ2) is 6.22. The highest BCUT2D eigenvalue weighted by Crippen LogP contribution is 2.21. The molecule has 3 aromatic heterocycles. The summed E-state index contributed by atoms with van der Waals surface area (Å²) < 4.78 is 0. The molecule has 23 heavy (non-hydrogen) atoms. The quantitative estimate of drug-likeness (QED) is 0.744. The first-order chi connectivity index (χ1) is 11.4. The van der Waals surface area contributed by atoms with E-state index in [0.717, 1.165) is 43.1 Å². The van der Waals surface area contributed by atoms with Gasteiger partial charge in [0.15, 0.2) is 5.82 Å². The van der Waals surface area contributed by atoms with Crippen LogP contribution in [0, 0.1) is 0 Å². The largest absolute Gasteiger partial charge is 0.293 e. The van der Waals surface area contributed by atoms with Crippen LogP contribution in [0.2, 0.25) is 0 Å². The molecule has 0 fully saturated rings. The van der Waals surface area contributed by atoms with Gasteiger partial charge in [-0.25, -0.2) is 9.97 Å². The van der Waals surface area contributed by atoms with E-state index in [1.807, 2.05) is 36.8 Å². The van der Waals surface area contributed by atoms with Gasteiger partial charge in [-0.3, -0.25) is 14.9 Å². The van der Waals surface area contributed by atoms with Crippen LogP contribution in [0.3, 0.4) is 0 Å². The Bertz CT molecular complexity index is 789. The predicted molar refractivity (Wildman–Crippen MR) is 87.3 cm³/mol. The van der Waals surface area contributed by atoms with E-state index in [9.17, 15) is 0 Å². The molecule has 0 N–H and O–H groups in total. The molecule has 0 aromatic carbocycles. The van der Waals surface area contributed by atoms with Crippen molar-refractivity contribution in [2.24, 2.45) is 0 Å². The van der Waals surface area contributed by atoms with Crippen LogP contribution in [-0.2, 0) is 19.5 Å². The van der Waals surface area contributed by atoms with E-state index < -0.39 is 0 Å². The van der Waals surface area contributed by atoms with Crippen LogP contribution in [0.4, 0.5) is 0 Å². The van der Waals surface area contributed by atoms with E-state index >= 15 is 0 Å². The van der Waals surface area contributed by atoms with Crippen molar-refractivity contribution in [2.75, 3.05) is 6.54 Å². The molecule has 4 heterocycles. The predicted octanol–water partition coefficient (Wildman–Crippen LogP) is 2.49. The van der Waals surface area contributed by atoms with Gasteiger partial charge in [0, 0.05) is 56.2 Å². The summed E-state index contributed by atoms with van der Waals surface area (Å²) in [4.78, 5) is 20.0. The average molecular weight is 303 g/mol. The van der Waals surface area contributed by atoms with Crippen molar-refractivity contribution in [1.29, 1.82) is 0 Å². The van der Waals surface area contributed by atoms with Gasteiger partial charge in [0.2, 0.25) is 0 Å². The Balaban J connectivity index is 1.56. The minimum atomic E-state index is 0.750. The van der Waals surface area contributed by atoms with Crippen LogP contribution >= 0.6 is 0 Å². The molecule has 114 valence electrons. The maximum absolute atomic E-state index is 4.77. The number of rotatable bonds is 3. The average Bonchev–Trinajstić information content (AvgIpc) is 2.63. The van der Waals surface area contributed by atoms with Gasteiger partial charge in [0.25, 0.3) is 0 Å². The Kier molecular flexibility index (Phi) is 3.78. The third kappa shape index (κ3) is 3.10. The van der Waals surface area contributed by atoms with Crippen LogP contribution in [-0.4, -0.2) is 31.4 Å². The lowest BCUT2D eigenvalue weighted by molar-refractivity contribution is 0.241. The molecule has 5 nitrogen and oxygen atoms in total. The second-order valence-electron chi connectivity index (χ2n) is 5.73. The number of aromatic nitrogens is 4. The number of hydrogen-bond acceptors (Lipinski definition) is 5. The second-order valence-corrected chi connectivity index (χ2v) is 5.73. The zero-order valence-corrected chi connectivity index (χ0v) is 12.8. The lowest BCUT2D eigenvalue weighted by atomic mass is 10.1. The van der Waals surface area contributed by atoms with Gasteiger partial charge < -0.3 is 0 Å². The molecular weight excluding hydrogens is 286 g/mol. The van der Waals surface area contributed by atoms with E-state index in [1.54, 1.807) is 12.4 Å². The Morgan fingerprint density at radius 3 is 2.65 bits per heavy atom. The molecule has 5 heteroatoms. The number of pyridine rings is 2. The van der Waals surface area contributed by atoms with Gasteiger partial charge in [0.1, 0.15) is 0 Å². The molecule has 0 radical (unpaired) electrons. The topological polar surface area (TPSA) is 54.8 Å². The third-order valence-corrected chi connectivity index (χ3v) is 4.07. The molecular formula is C18H17N5. The SMILES string of the molecule is c1cncc(CN2CCc3cnc(-c4cccnc4)nc3C2)c1. The van der Waals surface area contributed by atoms with Crippen LogP contribution < -0.4 is 0 Å². The first-order valence-corrected chi connectivity index (χ1v) is 7.75. The van der Waals surface area contributed by atoms with Gasteiger partial charge in [-0.1, -0.05) is 6.07 Å². The molecule has 0 amide bonds. The van der Waals surface area contributed by atoms with Crippen molar-refractivity contribution in [3.63, 3.8) is 0 Å². The Morgan fingerprint density at radius 1 is 1.00 bits per heavy atom. The molecule has 0 atom stereocenters. The van der Waals surface area contributed by atoms with Crippen molar-refractivity contribution >= 4 is 0 Å². The van der Waals surface area contributed by atoms with E-state index in [0.29, 0.717) is 0 Å². The summed E-state index contributed by atoms with van der Waals surface area (Å²) in [7, 11) is 0. The number of fused-ring (bicyclic) bond motifs is 1. The van der Waals surface area contributed by atoms with Crippen LogP contribution in [0.25, 0.3) is 11.4 Å². The Labute approximate surface area is 135 Å². The maximum atomic E-state index is 4.77. The molecule has 0 saturated carbocycles. The summed E-state index contributed by atoms with van der Waals surface area (Å²) in [5, 5.41) is 0. The standard InChI is InChI=1S/C18H17N5/c1-3-14(9-19-6-1)12-23-8-5-15-11-21-18(22-17(15)13-23)16-4-2-7-20-10-16/h1-4,6-7,9-11H,5,8,12-13H2. The fourth-order valence-electron chi connectivity index (χ4n) is 2.88. The molecule has 0 bridgehead atoms. The summed E-state index contributed by atoms with van der Waals surface area (Å²) in [6.45, 7) is 2.77. The maximum Gasteiger partial charge on any atom is 0.160 e. The Morgan fingerprint density at radius 2 is 1.87 bits per heavy atom. The summed E-state index contributed by atoms with van der Waals surface area (Å²) in [6, 6.07) is 8.00. The van der Waals surface area contributed by atoms with Crippen LogP contribution in [0.15, 0.2) is 55.2 Å². The van der Waals surface area contributed by atoms with Gasteiger partial charge in [0.05, 0.1) is 5.69 Å². The van der Waals surface area contributed by atoms with Gasteiger partial charge in [-0.05, 0) is 35.7 Å². The molecule has 4 rings (SSSR count). The summed E-state index contributed by atoms with van der Waals surface area (Å²) in [6.07, 6.45) is 10.3. The highest BCUT2D eigenvalue weighted by molar-refractivity contribution is 5.53. The summed E-state index contributed by atoms with van der Waals surface area (Å²) >= 11 is 0. The minimum absolute atomic E-state index is 0.750. The lowest BCUT2D eigenvalue weighted by Gasteiger charge is -2.27. The van der Waals surface area contributed by atoms with Crippen molar-refractivity contribution < 1.29 is 0 Å². The number of nitrogens with zero attached hydrogens (tertiary/aromatic N) is 5. The fraction of sp³-hybridized carbons (Fsp3) is 0.222. The van der Waals surface area contributed by atoms with Gasteiger partial charge >= 0.3 is 0 Å². The first kappa shape index (κ1) is 14.0. The van der Waals surface area contributed by atoms with E-state index in [2.05, 4.69) is 25.9 Å². The van der Waals surface area contributed by atoms with E-state index in [4.69, 9.17) is 4.98 Å². The molecule has 0 aliphatic carbocycles. The van der Waals surface area contributed by atoms with Crippen LogP contribution in [0.1, 0.15) is 16.8 Å². The highest BCUT2D eigenvalue weighted by atomic mass is 15.1. The number of hydrogen-bond donors (Lipinski definition) is 0. The van der Waals surface area contributed by atoms with Crippen molar-refractivity contribution in [2.45, 2.75) is 19.5 Å². The van der Waals surface area contributed by atoms with E-state index in [1.165, 1.54) is 11.1 Å². The molecule has 0 spiro atoms.